The maximum atomic E-state index is 6.17. The molecule has 2 N–H and O–H groups in total. The molecule has 0 saturated heterocycles. The molecule has 1 atom stereocenters. The smallest absolute Gasteiger partial charge is 0.0640 e. The largest absolute Gasteiger partial charge is 0.379 e. The van der Waals surface area contributed by atoms with Crippen molar-refractivity contribution in [2.24, 2.45) is 5.73 Å². The maximum absolute atomic E-state index is 6.17. The Balaban J connectivity index is 2.69. The zero-order valence-electron chi connectivity index (χ0n) is 10.8. The Morgan fingerprint density at radius 2 is 1.81 bits per heavy atom. The van der Waals surface area contributed by atoms with Gasteiger partial charge in [0.2, 0.25) is 0 Å². The van der Waals surface area contributed by atoms with Crippen LogP contribution >= 0.6 is 0 Å². The first-order valence-corrected chi connectivity index (χ1v) is 5.88. The van der Waals surface area contributed by atoms with Crippen molar-refractivity contribution in [2.75, 3.05) is 7.11 Å². The number of hydrogen-bond acceptors (Lipinski definition) is 2. The van der Waals surface area contributed by atoms with Crippen molar-refractivity contribution < 1.29 is 4.74 Å². The molecule has 2 heteroatoms. The predicted octanol–water partition coefficient (Wildman–Crippen LogP) is 3.06. The van der Waals surface area contributed by atoms with Gasteiger partial charge in [0.05, 0.1) is 5.60 Å². The SMILES string of the molecule is CCc1ccc(C(N)CC(C)(C)OC)cc1. The van der Waals surface area contributed by atoms with Gasteiger partial charge in [-0.2, -0.15) is 0 Å². The van der Waals surface area contributed by atoms with Crippen molar-refractivity contribution in [1.82, 2.24) is 0 Å². The summed E-state index contributed by atoms with van der Waals surface area (Å²) >= 11 is 0. The fourth-order valence-electron chi connectivity index (χ4n) is 1.73. The summed E-state index contributed by atoms with van der Waals surface area (Å²) in [4.78, 5) is 0. The van der Waals surface area contributed by atoms with Crippen molar-refractivity contribution in [1.29, 1.82) is 0 Å². The van der Waals surface area contributed by atoms with Crippen molar-refractivity contribution in [3.05, 3.63) is 35.4 Å². The second-order valence-electron chi connectivity index (χ2n) is 4.87. The van der Waals surface area contributed by atoms with E-state index in [-0.39, 0.29) is 11.6 Å². The fourth-order valence-corrected chi connectivity index (χ4v) is 1.73. The Labute approximate surface area is 98.8 Å². The molecule has 0 radical (unpaired) electrons. The first-order chi connectivity index (χ1) is 7.48. The molecule has 1 unspecified atom stereocenters. The summed E-state index contributed by atoms with van der Waals surface area (Å²) in [5, 5.41) is 0. The maximum Gasteiger partial charge on any atom is 0.0640 e. The highest BCUT2D eigenvalue weighted by molar-refractivity contribution is 5.25. The topological polar surface area (TPSA) is 35.2 Å². The molecule has 1 aromatic rings. The van der Waals surface area contributed by atoms with Gasteiger partial charge in [0, 0.05) is 13.2 Å². The van der Waals surface area contributed by atoms with Gasteiger partial charge in [-0.3, -0.25) is 0 Å². The minimum absolute atomic E-state index is 0.0425. The van der Waals surface area contributed by atoms with E-state index in [0.29, 0.717) is 0 Å². The molecule has 90 valence electrons. The number of ether oxygens (including phenoxy) is 1. The van der Waals surface area contributed by atoms with E-state index in [2.05, 4.69) is 45.0 Å². The predicted molar refractivity (Wildman–Crippen MR) is 68.5 cm³/mol. The van der Waals surface area contributed by atoms with Crippen molar-refractivity contribution in [3.8, 4) is 0 Å². The van der Waals surface area contributed by atoms with E-state index < -0.39 is 0 Å². The number of nitrogens with two attached hydrogens (primary N) is 1. The second-order valence-corrected chi connectivity index (χ2v) is 4.87. The van der Waals surface area contributed by atoms with E-state index in [1.165, 1.54) is 11.1 Å². The van der Waals surface area contributed by atoms with Gasteiger partial charge in [-0.15, -0.1) is 0 Å². The third kappa shape index (κ3) is 3.62. The van der Waals surface area contributed by atoms with E-state index in [1.54, 1.807) is 7.11 Å². The molecule has 0 spiro atoms. The highest BCUT2D eigenvalue weighted by Gasteiger charge is 2.21. The van der Waals surface area contributed by atoms with Crippen molar-refractivity contribution in [3.63, 3.8) is 0 Å². The molecule has 0 saturated carbocycles. The summed E-state index contributed by atoms with van der Waals surface area (Å²) in [6.07, 6.45) is 1.90. The van der Waals surface area contributed by atoms with Crippen LogP contribution in [0.1, 0.15) is 44.4 Å². The molecule has 2 nitrogen and oxygen atoms in total. The van der Waals surface area contributed by atoms with Crippen LogP contribution in [-0.2, 0) is 11.2 Å². The lowest BCUT2D eigenvalue weighted by Gasteiger charge is -2.26. The molecule has 0 heterocycles. The van der Waals surface area contributed by atoms with Crippen LogP contribution in [-0.4, -0.2) is 12.7 Å². The Hall–Kier alpha value is -0.860. The van der Waals surface area contributed by atoms with Crippen molar-refractivity contribution >= 4 is 0 Å². The lowest BCUT2D eigenvalue weighted by Crippen LogP contribution is -2.28. The van der Waals surface area contributed by atoms with Crippen LogP contribution in [0.4, 0.5) is 0 Å². The minimum Gasteiger partial charge on any atom is -0.379 e. The van der Waals surface area contributed by atoms with Crippen LogP contribution in [0.5, 0.6) is 0 Å². The fraction of sp³-hybridized carbons (Fsp3) is 0.571. The van der Waals surface area contributed by atoms with E-state index in [9.17, 15) is 0 Å². The molecule has 0 aliphatic carbocycles. The number of hydrogen-bond donors (Lipinski definition) is 1. The third-order valence-corrected chi connectivity index (χ3v) is 3.08. The van der Waals surface area contributed by atoms with Gasteiger partial charge < -0.3 is 10.5 Å². The van der Waals surface area contributed by atoms with Crippen LogP contribution in [0.2, 0.25) is 0 Å². The van der Waals surface area contributed by atoms with Gasteiger partial charge in [-0.25, -0.2) is 0 Å². The second kappa shape index (κ2) is 5.46. The van der Waals surface area contributed by atoms with Crippen LogP contribution in [0, 0.1) is 0 Å². The number of rotatable bonds is 5. The standard InChI is InChI=1S/C14H23NO/c1-5-11-6-8-12(9-7-11)13(15)10-14(2,3)16-4/h6-9,13H,5,10,15H2,1-4H3. The van der Waals surface area contributed by atoms with Crippen LogP contribution in [0.25, 0.3) is 0 Å². The molecule has 0 aliphatic rings. The average Bonchev–Trinajstić information content (AvgIpc) is 2.28. The summed E-state index contributed by atoms with van der Waals surface area (Å²) in [6, 6.07) is 8.58. The average molecular weight is 221 g/mol. The molecule has 0 amide bonds. The molecular weight excluding hydrogens is 198 g/mol. The first kappa shape index (κ1) is 13.2. The summed E-state index contributed by atoms with van der Waals surface area (Å²) in [5.74, 6) is 0. The third-order valence-electron chi connectivity index (χ3n) is 3.08. The normalized spacial score (nSPS) is 13.8. The summed E-state index contributed by atoms with van der Waals surface area (Å²) in [5.41, 5.74) is 8.54. The minimum atomic E-state index is -0.164. The van der Waals surface area contributed by atoms with Gasteiger partial charge in [0.1, 0.15) is 0 Å². The van der Waals surface area contributed by atoms with Crippen molar-refractivity contribution in [2.45, 2.75) is 45.3 Å². The number of aryl methyl sites for hydroxylation is 1. The van der Waals surface area contributed by atoms with E-state index >= 15 is 0 Å². The molecule has 16 heavy (non-hydrogen) atoms. The van der Waals surface area contributed by atoms with E-state index in [1.807, 2.05) is 0 Å². The zero-order valence-corrected chi connectivity index (χ0v) is 10.8. The van der Waals surface area contributed by atoms with Crippen LogP contribution in [0.15, 0.2) is 24.3 Å². The molecule has 0 aromatic heterocycles. The summed E-state index contributed by atoms with van der Waals surface area (Å²) < 4.78 is 5.39. The van der Waals surface area contributed by atoms with Crippen LogP contribution < -0.4 is 5.73 Å². The molecule has 1 rings (SSSR count). The Kier molecular flexibility index (Phi) is 4.51. The highest BCUT2D eigenvalue weighted by Crippen LogP contribution is 2.24. The number of methoxy groups -OCH3 is 1. The van der Waals surface area contributed by atoms with Gasteiger partial charge in [0.25, 0.3) is 0 Å². The Morgan fingerprint density at radius 1 is 1.25 bits per heavy atom. The summed E-state index contributed by atoms with van der Waals surface area (Å²) in [7, 11) is 1.73. The van der Waals surface area contributed by atoms with E-state index in [4.69, 9.17) is 10.5 Å². The monoisotopic (exact) mass is 221 g/mol. The molecular formula is C14H23NO. The first-order valence-electron chi connectivity index (χ1n) is 5.88. The van der Waals surface area contributed by atoms with E-state index in [0.717, 1.165) is 12.8 Å². The van der Waals surface area contributed by atoms with Gasteiger partial charge in [0.15, 0.2) is 0 Å². The summed E-state index contributed by atoms with van der Waals surface area (Å²) in [6.45, 7) is 6.28. The zero-order chi connectivity index (χ0) is 12.2. The van der Waals surface area contributed by atoms with Gasteiger partial charge >= 0.3 is 0 Å². The Morgan fingerprint density at radius 3 is 2.25 bits per heavy atom. The lowest BCUT2D eigenvalue weighted by molar-refractivity contribution is 0.00995. The highest BCUT2D eigenvalue weighted by atomic mass is 16.5. The molecule has 0 aliphatic heterocycles. The van der Waals surface area contributed by atoms with Gasteiger partial charge in [-0.05, 0) is 37.8 Å². The van der Waals surface area contributed by atoms with Crippen LogP contribution in [0.3, 0.4) is 0 Å². The molecule has 1 aromatic carbocycles. The lowest BCUT2D eigenvalue weighted by atomic mass is 9.93. The number of benzene rings is 1. The van der Waals surface area contributed by atoms with Gasteiger partial charge in [-0.1, -0.05) is 31.2 Å². The Bertz CT molecular complexity index is 316. The molecule has 0 fully saturated rings. The quantitative estimate of drug-likeness (QED) is 0.829. The molecule has 0 bridgehead atoms.